The van der Waals surface area contributed by atoms with Crippen LogP contribution in [0, 0.1) is 5.92 Å². The molecule has 1 N–H and O–H groups in total. The van der Waals surface area contributed by atoms with Crippen LogP contribution in [-0.2, 0) is 22.5 Å². The minimum absolute atomic E-state index is 0.00226. The number of carbonyl (C=O) groups excluding carboxylic acids is 2. The second-order valence-corrected chi connectivity index (χ2v) is 10.6. The van der Waals surface area contributed by atoms with Gasteiger partial charge in [0.1, 0.15) is 6.29 Å². The molecular weight excluding hydrogens is 436 g/mol. The van der Waals surface area contributed by atoms with Gasteiger partial charge in [-0.1, -0.05) is 55.7 Å². The molecule has 35 heavy (non-hydrogen) atoms. The molecule has 6 rings (SSSR count). The standard InChI is InChI=1S/C30H34N2O3/c33-19-20-10-11-26-27(16-20)32-18-24(31-30(34)22-12-14-35-15-13-22)17-23-8-4-5-9-25(23)29(32)28(26)21-6-2-1-3-7-21/h4-5,8-11,16,19,21-22,24H,1-3,6-7,12-15,17-18H2,(H,31,34). The van der Waals surface area contributed by atoms with Crippen LogP contribution in [0.25, 0.3) is 22.2 Å². The summed E-state index contributed by atoms with van der Waals surface area (Å²) in [4.78, 5) is 24.9. The third kappa shape index (κ3) is 4.20. The molecule has 3 aromatic rings. The summed E-state index contributed by atoms with van der Waals surface area (Å²) in [6.07, 6.45) is 9.63. The lowest BCUT2D eigenvalue weighted by Gasteiger charge is -2.25. The topological polar surface area (TPSA) is 60.3 Å². The fraction of sp³-hybridized carbons (Fsp3) is 0.467. The molecule has 3 heterocycles. The van der Waals surface area contributed by atoms with Crippen LogP contribution in [0.3, 0.4) is 0 Å². The molecule has 1 unspecified atom stereocenters. The van der Waals surface area contributed by atoms with Crippen LogP contribution in [0.1, 0.15) is 72.3 Å². The Kier molecular flexibility index (Phi) is 6.19. The molecule has 2 aliphatic heterocycles. The number of nitrogens with one attached hydrogen (secondary N) is 1. The molecular formula is C30H34N2O3. The van der Waals surface area contributed by atoms with Gasteiger partial charge >= 0.3 is 0 Å². The molecule has 2 aromatic carbocycles. The number of benzene rings is 2. The van der Waals surface area contributed by atoms with Gasteiger partial charge in [-0.15, -0.1) is 0 Å². The first-order valence-electron chi connectivity index (χ1n) is 13.3. The second-order valence-electron chi connectivity index (χ2n) is 10.6. The maximum absolute atomic E-state index is 13.2. The van der Waals surface area contributed by atoms with Gasteiger partial charge in [-0.2, -0.15) is 0 Å². The molecule has 0 spiro atoms. The fourth-order valence-corrected chi connectivity index (χ4v) is 6.61. The van der Waals surface area contributed by atoms with Crippen molar-refractivity contribution in [3.8, 4) is 11.3 Å². The lowest BCUT2D eigenvalue weighted by atomic mass is 9.81. The first-order valence-corrected chi connectivity index (χ1v) is 13.3. The molecule has 1 aromatic heterocycles. The van der Waals surface area contributed by atoms with Crippen molar-refractivity contribution in [3.63, 3.8) is 0 Å². The van der Waals surface area contributed by atoms with E-state index < -0.39 is 0 Å². The summed E-state index contributed by atoms with van der Waals surface area (Å²) < 4.78 is 7.88. The largest absolute Gasteiger partial charge is 0.381 e. The van der Waals surface area contributed by atoms with Crippen molar-refractivity contribution in [2.45, 2.75) is 69.9 Å². The molecule has 0 bridgehead atoms. The smallest absolute Gasteiger partial charge is 0.223 e. The van der Waals surface area contributed by atoms with Crippen LogP contribution >= 0.6 is 0 Å². The number of ether oxygens (including phenoxy) is 1. The van der Waals surface area contributed by atoms with Crippen molar-refractivity contribution in [1.29, 1.82) is 0 Å². The van der Waals surface area contributed by atoms with Gasteiger partial charge in [-0.05, 0) is 55.2 Å². The van der Waals surface area contributed by atoms with E-state index in [1.54, 1.807) is 0 Å². The predicted octanol–water partition coefficient (Wildman–Crippen LogP) is 5.64. The number of hydrogen-bond acceptors (Lipinski definition) is 3. The number of fused-ring (bicyclic) bond motifs is 5. The van der Waals surface area contributed by atoms with E-state index in [1.807, 2.05) is 12.1 Å². The average molecular weight is 471 g/mol. The lowest BCUT2D eigenvalue weighted by molar-refractivity contribution is -0.128. The third-order valence-electron chi connectivity index (χ3n) is 8.36. The maximum Gasteiger partial charge on any atom is 0.223 e. The van der Waals surface area contributed by atoms with Crippen molar-refractivity contribution in [3.05, 3.63) is 59.2 Å². The first kappa shape index (κ1) is 22.5. The zero-order valence-electron chi connectivity index (χ0n) is 20.3. The second kappa shape index (κ2) is 9.62. The molecule has 5 nitrogen and oxygen atoms in total. The highest BCUT2D eigenvalue weighted by atomic mass is 16.5. The number of carbonyl (C=O) groups is 2. The molecule has 1 amide bonds. The molecule has 0 radical (unpaired) electrons. The molecule has 182 valence electrons. The number of aromatic nitrogens is 1. The summed E-state index contributed by atoms with van der Waals surface area (Å²) in [5.41, 5.74) is 7.13. The fourth-order valence-electron chi connectivity index (χ4n) is 6.61. The van der Waals surface area contributed by atoms with Crippen molar-refractivity contribution in [2.24, 2.45) is 5.92 Å². The monoisotopic (exact) mass is 470 g/mol. The van der Waals surface area contributed by atoms with Crippen LogP contribution in [-0.4, -0.2) is 36.0 Å². The summed E-state index contributed by atoms with van der Waals surface area (Å²) in [6, 6.07) is 14.9. The molecule has 1 saturated heterocycles. The Labute approximate surface area is 206 Å². The average Bonchev–Trinajstić information content (AvgIpc) is 3.13. The van der Waals surface area contributed by atoms with Gasteiger partial charge in [-0.3, -0.25) is 9.59 Å². The Balaban J connectivity index is 1.48. The molecule has 3 aliphatic rings. The highest BCUT2D eigenvalue weighted by molar-refractivity contribution is 5.96. The zero-order valence-corrected chi connectivity index (χ0v) is 20.3. The van der Waals surface area contributed by atoms with Crippen LogP contribution in [0.5, 0.6) is 0 Å². The van der Waals surface area contributed by atoms with Crippen molar-refractivity contribution >= 4 is 23.1 Å². The molecule has 1 atom stereocenters. The van der Waals surface area contributed by atoms with Gasteiger partial charge in [0.15, 0.2) is 0 Å². The minimum Gasteiger partial charge on any atom is -0.381 e. The van der Waals surface area contributed by atoms with Gasteiger partial charge in [-0.25, -0.2) is 0 Å². The molecule has 1 saturated carbocycles. The number of aldehydes is 1. The summed E-state index contributed by atoms with van der Waals surface area (Å²) >= 11 is 0. The number of rotatable bonds is 4. The van der Waals surface area contributed by atoms with Crippen LogP contribution < -0.4 is 5.32 Å². The van der Waals surface area contributed by atoms with Crippen LogP contribution in [0.4, 0.5) is 0 Å². The van der Waals surface area contributed by atoms with E-state index >= 15 is 0 Å². The van der Waals surface area contributed by atoms with E-state index in [0.29, 0.717) is 31.2 Å². The highest BCUT2D eigenvalue weighted by Gasteiger charge is 2.32. The molecule has 2 fully saturated rings. The van der Waals surface area contributed by atoms with E-state index in [2.05, 4.69) is 40.2 Å². The Morgan fingerprint density at radius 1 is 1.00 bits per heavy atom. The van der Waals surface area contributed by atoms with E-state index in [0.717, 1.165) is 31.1 Å². The summed E-state index contributed by atoms with van der Waals surface area (Å²) in [5, 5.41) is 4.67. The van der Waals surface area contributed by atoms with Crippen molar-refractivity contribution in [2.75, 3.05) is 13.2 Å². The molecule has 5 heteroatoms. The Hall–Kier alpha value is -2.92. The SMILES string of the molecule is O=Cc1ccc2c(C3CCCCC3)c3n(c2c1)CC(NC(=O)C1CCOCC1)Cc1ccccc1-3. The quantitative estimate of drug-likeness (QED) is 0.502. The summed E-state index contributed by atoms with van der Waals surface area (Å²) in [5.74, 6) is 0.713. The highest BCUT2D eigenvalue weighted by Crippen LogP contribution is 2.46. The maximum atomic E-state index is 13.2. The Morgan fingerprint density at radius 3 is 2.60 bits per heavy atom. The van der Waals surface area contributed by atoms with Crippen molar-refractivity contribution in [1.82, 2.24) is 9.88 Å². The number of amides is 1. The number of hydrogen-bond donors (Lipinski definition) is 1. The predicted molar refractivity (Wildman–Crippen MR) is 138 cm³/mol. The van der Waals surface area contributed by atoms with Crippen molar-refractivity contribution < 1.29 is 14.3 Å². The Bertz CT molecular complexity index is 1250. The molecule has 1 aliphatic carbocycles. The van der Waals surface area contributed by atoms with Gasteiger partial charge in [0.05, 0.1) is 11.7 Å². The minimum atomic E-state index is 0.00226. The van der Waals surface area contributed by atoms with E-state index in [1.165, 1.54) is 59.9 Å². The van der Waals surface area contributed by atoms with E-state index in [9.17, 15) is 9.59 Å². The lowest BCUT2D eigenvalue weighted by Crippen LogP contribution is -2.43. The van der Waals surface area contributed by atoms with E-state index in [4.69, 9.17) is 4.74 Å². The zero-order chi connectivity index (χ0) is 23.8. The normalized spacial score (nSPS) is 21.2. The van der Waals surface area contributed by atoms with Crippen LogP contribution in [0.2, 0.25) is 0 Å². The van der Waals surface area contributed by atoms with Crippen LogP contribution in [0.15, 0.2) is 42.5 Å². The Morgan fingerprint density at radius 2 is 1.80 bits per heavy atom. The van der Waals surface area contributed by atoms with Gasteiger partial charge < -0.3 is 14.6 Å². The number of nitrogens with zero attached hydrogens (tertiary/aromatic N) is 1. The van der Waals surface area contributed by atoms with Gasteiger partial charge in [0.2, 0.25) is 5.91 Å². The van der Waals surface area contributed by atoms with E-state index in [-0.39, 0.29) is 17.9 Å². The van der Waals surface area contributed by atoms with Gasteiger partial charge in [0, 0.05) is 47.7 Å². The first-order chi connectivity index (χ1) is 17.2. The summed E-state index contributed by atoms with van der Waals surface area (Å²) in [7, 11) is 0. The third-order valence-corrected chi connectivity index (χ3v) is 8.36. The van der Waals surface area contributed by atoms with Gasteiger partial charge in [0.25, 0.3) is 0 Å². The summed E-state index contributed by atoms with van der Waals surface area (Å²) in [6.45, 7) is 2.04.